The molecule has 0 amide bonds. The molecular formula is C9H4ClN3O5. The topological polar surface area (TPSA) is 119 Å². The van der Waals surface area contributed by atoms with Gasteiger partial charge in [0.25, 0.3) is 17.4 Å². The number of carbonyl (C=O) groups is 1. The van der Waals surface area contributed by atoms with Gasteiger partial charge in [-0.05, 0) is 17.3 Å². The van der Waals surface area contributed by atoms with E-state index in [2.05, 4.69) is 14.7 Å². The minimum absolute atomic E-state index is 0.00407. The maximum Gasteiger partial charge on any atom is 0.377 e. The van der Waals surface area contributed by atoms with Crippen molar-refractivity contribution in [3.05, 3.63) is 39.2 Å². The minimum atomic E-state index is -1.39. The predicted octanol–water partition coefficient (Wildman–Crippen LogP) is 2.00. The second-order valence-electron chi connectivity index (χ2n) is 3.15. The molecule has 0 bridgehead atoms. The maximum atomic E-state index is 10.8. The number of aromatic nitrogens is 2. The molecule has 92 valence electrons. The zero-order valence-corrected chi connectivity index (χ0v) is 9.29. The number of nitrogens with zero attached hydrogens (tertiary/aromatic N) is 3. The summed E-state index contributed by atoms with van der Waals surface area (Å²) in [6.07, 6.45) is 0. The smallest absolute Gasteiger partial charge is 0.377 e. The van der Waals surface area contributed by atoms with Crippen molar-refractivity contribution in [1.29, 1.82) is 0 Å². The molecule has 0 atom stereocenters. The molecule has 0 spiro atoms. The van der Waals surface area contributed by atoms with Crippen molar-refractivity contribution in [3.63, 3.8) is 0 Å². The van der Waals surface area contributed by atoms with Crippen LogP contribution in [-0.4, -0.2) is 26.1 Å². The number of carboxylic acids is 1. The summed E-state index contributed by atoms with van der Waals surface area (Å²) in [6.45, 7) is 0. The fraction of sp³-hybridized carbons (Fsp3) is 0. The minimum Gasteiger partial charge on any atom is -0.475 e. The number of carboxylic acid groups (broad SMARTS) is 1. The highest BCUT2D eigenvalue weighted by atomic mass is 35.5. The molecule has 0 unspecified atom stereocenters. The predicted molar refractivity (Wildman–Crippen MR) is 58.4 cm³/mol. The van der Waals surface area contributed by atoms with Gasteiger partial charge in [0.05, 0.1) is 4.92 Å². The van der Waals surface area contributed by atoms with Crippen molar-refractivity contribution in [1.82, 2.24) is 10.1 Å². The van der Waals surface area contributed by atoms with Crippen molar-refractivity contribution >= 4 is 23.3 Å². The Bertz CT molecular complexity index is 639. The molecule has 0 saturated heterocycles. The Balaban J connectivity index is 2.55. The Hall–Kier alpha value is -2.48. The van der Waals surface area contributed by atoms with Crippen LogP contribution in [-0.2, 0) is 0 Å². The van der Waals surface area contributed by atoms with Crippen molar-refractivity contribution in [3.8, 4) is 11.5 Å². The van der Waals surface area contributed by atoms with E-state index in [1.165, 1.54) is 12.1 Å². The standard InChI is InChI=1S/C9H4ClN3O5/c10-4-1-2-5(6(3-4)13(16)17)8-11-7(9(14)15)12-18-8/h1-3H,(H,14,15). The van der Waals surface area contributed by atoms with Gasteiger partial charge in [0.1, 0.15) is 5.56 Å². The first-order valence-corrected chi connectivity index (χ1v) is 4.88. The Morgan fingerprint density at radius 3 is 2.78 bits per heavy atom. The lowest BCUT2D eigenvalue weighted by Gasteiger charge is -1.97. The van der Waals surface area contributed by atoms with Crippen LogP contribution in [0.5, 0.6) is 0 Å². The van der Waals surface area contributed by atoms with Crippen LogP contribution >= 0.6 is 11.6 Å². The SMILES string of the molecule is O=C(O)c1noc(-c2ccc(Cl)cc2[N+](=O)[O-])n1. The summed E-state index contributed by atoms with van der Waals surface area (Å²) in [4.78, 5) is 24.3. The highest BCUT2D eigenvalue weighted by molar-refractivity contribution is 6.30. The van der Waals surface area contributed by atoms with Gasteiger partial charge in [0.15, 0.2) is 0 Å². The summed E-state index contributed by atoms with van der Waals surface area (Å²) in [5.74, 6) is -2.22. The molecule has 0 fully saturated rings. The van der Waals surface area contributed by atoms with Gasteiger partial charge in [-0.1, -0.05) is 11.6 Å². The third-order valence-corrected chi connectivity index (χ3v) is 2.24. The monoisotopic (exact) mass is 269 g/mol. The first-order chi connectivity index (χ1) is 8.49. The van der Waals surface area contributed by atoms with Crippen LogP contribution in [0.25, 0.3) is 11.5 Å². The number of rotatable bonds is 3. The lowest BCUT2D eigenvalue weighted by atomic mass is 10.2. The number of benzene rings is 1. The van der Waals surface area contributed by atoms with E-state index in [0.717, 1.165) is 6.07 Å². The van der Waals surface area contributed by atoms with Gasteiger partial charge >= 0.3 is 5.97 Å². The van der Waals surface area contributed by atoms with Gasteiger partial charge in [-0.3, -0.25) is 10.1 Å². The van der Waals surface area contributed by atoms with E-state index in [0.29, 0.717) is 0 Å². The molecule has 0 aliphatic heterocycles. The van der Waals surface area contributed by atoms with Gasteiger partial charge in [-0.2, -0.15) is 4.98 Å². The number of nitro groups is 1. The van der Waals surface area contributed by atoms with E-state index in [9.17, 15) is 14.9 Å². The summed E-state index contributed by atoms with van der Waals surface area (Å²) < 4.78 is 4.65. The number of halogens is 1. The van der Waals surface area contributed by atoms with E-state index in [1.807, 2.05) is 0 Å². The zero-order chi connectivity index (χ0) is 13.3. The van der Waals surface area contributed by atoms with Crippen LogP contribution in [0, 0.1) is 10.1 Å². The molecule has 0 aliphatic rings. The summed E-state index contributed by atoms with van der Waals surface area (Å²) >= 11 is 5.64. The molecule has 0 saturated carbocycles. The quantitative estimate of drug-likeness (QED) is 0.668. The van der Waals surface area contributed by atoms with Gasteiger partial charge in [0, 0.05) is 11.1 Å². The lowest BCUT2D eigenvalue weighted by molar-refractivity contribution is -0.384. The van der Waals surface area contributed by atoms with Gasteiger partial charge < -0.3 is 9.63 Å². The Kier molecular flexibility index (Phi) is 2.94. The fourth-order valence-corrected chi connectivity index (χ4v) is 1.42. The van der Waals surface area contributed by atoms with Crippen LogP contribution < -0.4 is 0 Å². The lowest BCUT2D eigenvalue weighted by Crippen LogP contribution is -1.98. The number of hydrogen-bond acceptors (Lipinski definition) is 6. The van der Waals surface area contributed by atoms with E-state index in [1.54, 1.807) is 0 Å². The number of nitro benzene ring substituents is 1. The van der Waals surface area contributed by atoms with Crippen LogP contribution in [0.1, 0.15) is 10.6 Å². The van der Waals surface area contributed by atoms with Crippen LogP contribution in [0.15, 0.2) is 22.7 Å². The van der Waals surface area contributed by atoms with Crippen molar-refractivity contribution in [2.24, 2.45) is 0 Å². The Morgan fingerprint density at radius 2 is 2.22 bits per heavy atom. The van der Waals surface area contributed by atoms with E-state index < -0.39 is 16.7 Å². The third kappa shape index (κ3) is 2.13. The average Bonchev–Trinajstić information content (AvgIpc) is 2.78. The van der Waals surface area contributed by atoms with E-state index in [4.69, 9.17) is 16.7 Å². The molecular weight excluding hydrogens is 266 g/mol. The second-order valence-corrected chi connectivity index (χ2v) is 3.58. The van der Waals surface area contributed by atoms with Gasteiger partial charge in [0.2, 0.25) is 0 Å². The molecule has 8 nitrogen and oxygen atoms in total. The number of aromatic carboxylic acids is 1. The molecule has 9 heteroatoms. The highest BCUT2D eigenvalue weighted by Gasteiger charge is 2.22. The fourth-order valence-electron chi connectivity index (χ4n) is 1.26. The van der Waals surface area contributed by atoms with Crippen LogP contribution in [0.2, 0.25) is 5.02 Å². The molecule has 18 heavy (non-hydrogen) atoms. The van der Waals surface area contributed by atoms with Gasteiger partial charge in [-0.15, -0.1) is 0 Å². The van der Waals surface area contributed by atoms with Crippen LogP contribution in [0.4, 0.5) is 5.69 Å². The molecule has 1 aromatic carbocycles. The summed E-state index contributed by atoms with van der Waals surface area (Å²) in [6, 6.07) is 3.82. The Labute approximate surface area is 104 Å². The van der Waals surface area contributed by atoms with Crippen LogP contribution in [0.3, 0.4) is 0 Å². The molecule has 1 heterocycles. The van der Waals surface area contributed by atoms with Gasteiger partial charge in [-0.25, -0.2) is 4.79 Å². The second kappa shape index (κ2) is 4.41. The largest absolute Gasteiger partial charge is 0.475 e. The molecule has 0 radical (unpaired) electrons. The first-order valence-electron chi connectivity index (χ1n) is 4.50. The van der Waals surface area contributed by atoms with E-state index in [-0.39, 0.29) is 22.2 Å². The highest BCUT2D eigenvalue weighted by Crippen LogP contribution is 2.31. The molecule has 1 N–H and O–H groups in total. The average molecular weight is 270 g/mol. The summed E-state index contributed by atoms with van der Waals surface area (Å²) in [5, 5.41) is 22.8. The number of hydrogen-bond donors (Lipinski definition) is 1. The molecule has 2 rings (SSSR count). The zero-order valence-electron chi connectivity index (χ0n) is 8.53. The van der Waals surface area contributed by atoms with Crippen molar-refractivity contribution < 1.29 is 19.3 Å². The van der Waals surface area contributed by atoms with Crippen molar-refractivity contribution in [2.75, 3.05) is 0 Å². The third-order valence-electron chi connectivity index (χ3n) is 2.00. The summed E-state index contributed by atoms with van der Waals surface area (Å²) in [5.41, 5.74) is -0.340. The summed E-state index contributed by atoms with van der Waals surface area (Å²) in [7, 11) is 0. The normalized spacial score (nSPS) is 10.3. The van der Waals surface area contributed by atoms with E-state index >= 15 is 0 Å². The Morgan fingerprint density at radius 1 is 1.50 bits per heavy atom. The van der Waals surface area contributed by atoms with Crippen molar-refractivity contribution in [2.45, 2.75) is 0 Å². The maximum absolute atomic E-state index is 10.8. The molecule has 2 aromatic rings. The first kappa shape index (κ1) is 12.0. The molecule has 0 aliphatic carbocycles. The molecule has 1 aromatic heterocycles.